The summed E-state index contributed by atoms with van der Waals surface area (Å²) in [5, 5.41) is 6.11. The molecule has 0 saturated heterocycles. The summed E-state index contributed by atoms with van der Waals surface area (Å²) in [6.07, 6.45) is 0. The van der Waals surface area contributed by atoms with E-state index in [4.69, 9.17) is 5.73 Å². The zero-order valence-electron chi connectivity index (χ0n) is 12.3. The van der Waals surface area contributed by atoms with Crippen molar-refractivity contribution in [2.24, 2.45) is 11.8 Å². The third-order valence-corrected chi connectivity index (χ3v) is 3.41. The van der Waals surface area contributed by atoms with Crippen LogP contribution >= 0.6 is 0 Å². The highest BCUT2D eigenvalue weighted by Gasteiger charge is 2.10. The van der Waals surface area contributed by atoms with Crippen molar-refractivity contribution in [1.29, 1.82) is 0 Å². The van der Waals surface area contributed by atoms with Crippen LogP contribution in [-0.4, -0.2) is 19.0 Å². The van der Waals surface area contributed by atoms with Gasteiger partial charge in [-0.25, -0.2) is 0 Å². The van der Waals surface area contributed by atoms with Crippen LogP contribution in [0.2, 0.25) is 0 Å². The van der Waals surface area contributed by atoms with Crippen LogP contribution in [-0.2, 0) is 0 Å². The Morgan fingerprint density at radius 2 is 2.00 bits per heavy atom. The molecule has 0 radical (unpaired) electrons. The molecule has 4 N–H and O–H groups in total. The molecule has 0 bridgehead atoms. The zero-order chi connectivity index (χ0) is 14.4. The van der Waals surface area contributed by atoms with Gasteiger partial charge in [0.2, 0.25) is 0 Å². The van der Waals surface area contributed by atoms with Crippen molar-refractivity contribution in [2.45, 2.75) is 27.7 Å². The first-order valence-electron chi connectivity index (χ1n) is 6.87. The third kappa shape index (κ3) is 4.47. The molecule has 1 amide bonds. The molecule has 0 aliphatic heterocycles. The maximum absolute atomic E-state index is 11.8. The highest BCUT2D eigenvalue weighted by atomic mass is 16.1. The molecule has 4 nitrogen and oxygen atoms in total. The number of carbonyl (C=O) groups excluding carboxylic acids is 1. The first-order chi connectivity index (χ1) is 8.95. The van der Waals surface area contributed by atoms with Crippen LogP contribution in [0.1, 0.15) is 38.1 Å². The van der Waals surface area contributed by atoms with Gasteiger partial charge in [-0.2, -0.15) is 0 Å². The van der Waals surface area contributed by atoms with E-state index in [0.717, 1.165) is 12.2 Å². The van der Waals surface area contributed by atoms with Gasteiger partial charge >= 0.3 is 0 Å². The van der Waals surface area contributed by atoms with E-state index < -0.39 is 0 Å². The molecule has 0 heterocycles. The molecular weight excluding hydrogens is 238 g/mol. The van der Waals surface area contributed by atoms with Crippen molar-refractivity contribution in [3.63, 3.8) is 0 Å². The molecular formula is C15H25N3O. The molecule has 1 unspecified atom stereocenters. The number of nitrogen functional groups attached to an aromatic ring is 1. The number of amides is 1. The van der Waals surface area contributed by atoms with Gasteiger partial charge in [-0.3, -0.25) is 4.79 Å². The molecule has 19 heavy (non-hydrogen) atoms. The molecule has 0 spiro atoms. The first-order valence-corrected chi connectivity index (χ1v) is 6.87. The normalized spacial score (nSPS) is 12.3. The fourth-order valence-corrected chi connectivity index (χ4v) is 1.62. The average Bonchev–Trinajstić information content (AvgIpc) is 2.37. The van der Waals surface area contributed by atoms with Crippen molar-refractivity contribution in [3.8, 4) is 0 Å². The average molecular weight is 263 g/mol. The number of nitrogens with two attached hydrogens (primary N) is 1. The van der Waals surface area contributed by atoms with Crippen LogP contribution in [0.4, 0.5) is 11.4 Å². The maximum Gasteiger partial charge on any atom is 0.251 e. The van der Waals surface area contributed by atoms with Gasteiger partial charge in [0.1, 0.15) is 0 Å². The van der Waals surface area contributed by atoms with Gasteiger partial charge in [0, 0.05) is 18.7 Å². The van der Waals surface area contributed by atoms with E-state index in [9.17, 15) is 4.79 Å². The van der Waals surface area contributed by atoms with E-state index in [1.807, 2.05) is 13.0 Å². The number of benzene rings is 1. The minimum atomic E-state index is -0.0672. The Bertz CT molecular complexity index is 429. The van der Waals surface area contributed by atoms with Crippen LogP contribution in [0.25, 0.3) is 0 Å². The van der Waals surface area contributed by atoms with Crippen LogP contribution in [0.15, 0.2) is 18.2 Å². The number of carbonyl (C=O) groups is 1. The van der Waals surface area contributed by atoms with E-state index in [1.165, 1.54) is 0 Å². The quantitative estimate of drug-likeness (QED) is 0.691. The highest BCUT2D eigenvalue weighted by Crippen LogP contribution is 2.21. The van der Waals surface area contributed by atoms with Gasteiger partial charge in [0.05, 0.1) is 11.4 Å². The summed E-state index contributed by atoms with van der Waals surface area (Å²) in [6.45, 7) is 9.96. The highest BCUT2D eigenvalue weighted by molar-refractivity contribution is 5.96. The number of hydrogen-bond donors (Lipinski definition) is 3. The van der Waals surface area contributed by atoms with Gasteiger partial charge in [-0.1, -0.05) is 20.8 Å². The second kappa shape index (κ2) is 7.02. The Kier molecular flexibility index (Phi) is 5.67. The molecule has 106 valence electrons. The molecule has 1 rings (SSSR count). The molecule has 0 aliphatic carbocycles. The van der Waals surface area contributed by atoms with Gasteiger partial charge in [-0.05, 0) is 37.0 Å². The van der Waals surface area contributed by atoms with E-state index in [1.54, 1.807) is 12.1 Å². The zero-order valence-corrected chi connectivity index (χ0v) is 12.3. The van der Waals surface area contributed by atoms with Gasteiger partial charge in [0.15, 0.2) is 0 Å². The smallest absolute Gasteiger partial charge is 0.251 e. The van der Waals surface area contributed by atoms with E-state index >= 15 is 0 Å². The second-order valence-corrected chi connectivity index (χ2v) is 5.26. The van der Waals surface area contributed by atoms with Crippen molar-refractivity contribution in [1.82, 2.24) is 5.32 Å². The SMILES string of the molecule is CCNC(=O)c1ccc(N)c(NCC(C)C(C)C)c1. The molecule has 0 aliphatic rings. The lowest BCUT2D eigenvalue weighted by Crippen LogP contribution is -2.23. The van der Waals surface area contributed by atoms with Crippen molar-refractivity contribution in [2.75, 3.05) is 24.1 Å². The van der Waals surface area contributed by atoms with Crippen molar-refractivity contribution >= 4 is 17.3 Å². The monoisotopic (exact) mass is 263 g/mol. The van der Waals surface area contributed by atoms with Crippen LogP contribution < -0.4 is 16.4 Å². The number of rotatable bonds is 6. The second-order valence-electron chi connectivity index (χ2n) is 5.26. The van der Waals surface area contributed by atoms with E-state index in [-0.39, 0.29) is 5.91 Å². The fraction of sp³-hybridized carbons (Fsp3) is 0.533. The summed E-state index contributed by atoms with van der Waals surface area (Å²) in [5.41, 5.74) is 8.07. The Balaban J connectivity index is 2.77. The molecule has 4 heteroatoms. The molecule has 0 aromatic heterocycles. The Morgan fingerprint density at radius 3 is 2.58 bits per heavy atom. The van der Waals surface area contributed by atoms with Crippen molar-refractivity contribution < 1.29 is 4.79 Å². The molecule has 1 aromatic carbocycles. The third-order valence-electron chi connectivity index (χ3n) is 3.41. The predicted molar refractivity (Wildman–Crippen MR) is 81.4 cm³/mol. The van der Waals surface area contributed by atoms with Crippen LogP contribution in [0, 0.1) is 11.8 Å². The Morgan fingerprint density at radius 1 is 1.32 bits per heavy atom. The molecule has 0 saturated carbocycles. The van der Waals surface area contributed by atoms with E-state index in [0.29, 0.717) is 29.6 Å². The maximum atomic E-state index is 11.8. The number of anilines is 2. The lowest BCUT2D eigenvalue weighted by molar-refractivity contribution is 0.0956. The topological polar surface area (TPSA) is 67.2 Å². The summed E-state index contributed by atoms with van der Waals surface area (Å²) in [6, 6.07) is 5.33. The molecule has 0 fully saturated rings. The van der Waals surface area contributed by atoms with E-state index in [2.05, 4.69) is 31.4 Å². The van der Waals surface area contributed by atoms with Crippen molar-refractivity contribution in [3.05, 3.63) is 23.8 Å². The minimum Gasteiger partial charge on any atom is -0.397 e. The Hall–Kier alpha value is -1.71. The van der Waals surface area contributed by atoms with Gasteiger partial charge in [0.25, 0.3) is 5.91 Å². The lowest BCUT2D eigenvalue weighted by Gasteiger charge is -2.18. The summed E-state index contributed by atoms with van der Waals surface area (Å²) < 4.78 is 0. The Labute approximate surface area is 115 Å². The minimum absolute atomic E-state index is 0.0672. The van der Waals surface area contributed by atoms with Crippen LogP contribution in [0.5, 0.6) is 0 Å². The predicted octanol–water partition coefficient (Wildman–Crippen LogP) is 2.72. The van der Waals surface area contributed by atoms with Gasteiger partial charge in [-0.15, -0.1) is 0 Å². The molecule has 1 atom stereocenters. The van der Waals surface area contributed by atoms with Gasteiger partial charge < -0.3 is 16.4 Å². The summed E-state index contributed by atoms with van der Waals surface area (Å²) in [5.74, 6) is 1.09. The first kappa shape index (κ1) is 15.3. The lowest BCUT2D eigenvalue weighted by atomic mass is 9.98. The molecule has 1 aromatic rings. The fourth-order valence-electron chi connectivity index (χ4n) is 1.62. The summed E-state index contributed by atoms with van der Waals surface area (Å²) in [4.78, 5) is 11.8. The number of hydrogen-bond acceptors (Lipinski definition) is 3. The number of nitrogens with one attached hydrogen (secondary N) is 2. The largest absolute Gasteiger partial charge is 0.397 e. The summed E-state index contributed by atoms with van der Waals surface area (Å²) in [7, 11) is 0. The standard InChI is InChI=1S/C15H25N3O/c1-5-17-15(19)12-6-7-13(16)14(8-12)18-9-11(4)10(2)3/h6-8,10-11,18H,5,9,16H2,1-4H3,(H,17,19). The summed E-state index contributed by atoms with van der Waals surface area (Å²) >= 11 is 0. The van der Waals surface area contributed by atoms with Crippen LogP contribution in [0.3, 0.4) is 0 Å².